The summed E-state index contributed by atoms with van der Waals surface area (Å²) in [6.07, 6.45) is 5.06. The molecule has 0 aromatic heterocycles. The topological polar surface area (TPSA) is 93.1 Å². The Morgan fingerprint density at radius 3 is 2.48 bits per heavy atom. The van der Waals surface area contributed by atoms with Crippen LogP contribution in [0.4, 0.5) is 0 Å². The first-order chi connectivity index (χ1) is 10.9. The number of carbonyl (C=O) groups excluding carboxylic acids is 1. The molecule has 0 aromatic carbocycles. The van der Waals surface area contributed by atoms with Gasteiger partial charge < -0.3 is 9.47 Å². The highest BCUT2D eigenvalue weighted by atomic mass is 32.2. The monoisotopic (exact) mass is 349 g/mol. The summed E-state index contributed by atoms with van der Waals surface area (Å²) < 4.78 is 42.1. The summed E-state index contributed by atoms with van der Waals surface area (Å²) >= 11 is 0. The summed E-state index contributed by atoms with van der Waals surface area (Å²) in [7, 11) is -4.19. The molecule has 0 spiro atoms. The van der Waals surface area contributed by atoms with Crippen LogP contribution in [-0.2, 0) is 24.4 Å². The number of carbonyl (C=O) groups is 1. The molecule has 0 aromatic rings. The Labute approximate surface area is 138 Å². The lowest BCUT2D eigenvalue weighted by Gasteiger charge is -2.30. The van der Waals surface area contributed by atoms with Crippen LogP contribution < -0.4 is 0 Å². The summed E-state index contributed by atoms with van der Waals surface area (Å²) in [6, 6.07) is 0. The number of hydrogen-bond acceptors (Lipinski definition) is 6. The Morgan fingerprint density at radius 1 is 1.22 bits per heavy atom. The van der Waals surface area contributed by atoms with Crippen molar-refractivity contribution in [3.05, 3.63) is 0 Å². The molecule has 2 aliphatic rings. The molecule has 2 fully saturated rings. The van der Waals surface area contributed by atoms with E-state index in [0.29, 0.717) is 45.2 Å². The molecular formula is C15H27NO6S. The zero-order valence-electron chi connectivity index (χ0n) is 13.5. The van der Waals surface area contributed by atoms with Gasteiger partial charge in [0.05, 0.1) is 13.2 Å². The third-order valence-electron chi connectivity index (χ3n) is 4.44. The van der Waals surface area contributed by atoms with Gasteiger partial charge in [0.25, 0.3) is 10.1 Å². The second-order valence-corrected chi connectivity index (χ2v) is 7.98. The van der Waals surface area contributed by atoms with Crippen LogP contribution in [0.2, 0.25) is 0 Å². The summed E-state index contributed by atoms with van der Waals surface area (Å²) in [5, 5.41) is 0. The predicted octanol–water partition coefficient (Wildman–Crippen LogP) is 1.09. The van der Waals surface area contributed by atoms with E-state index in [1.807, 2.05) is 4.90 Å². The molecule has 1 saturated heterocycles. The fourth-order valence-electron chi connectivity index (χ4n) is 3.29. The minimum absolute atomic E-state index is 0.305. The van der Waals surface area contributed by atoms with E-state index in [9.17, 15) is 13.2 Å². The summed E-state index contributed by atoms with van der Waals surface area (Å²) in [4.78, 5) is 14.1. The summed E-state index contributed by atoms with van der Waals surface area (Å²) in [5.74, 6) is -0.578. The minimum atomic E-state index is -4.19. The van der Waals surface area contributed by atoms with Gasteiger partial charge in [-0.25, -0.2) is 0 Å². The Morgan fingerprint density at radius 2 is 1.87 bits per heavy atom. The molecule has 1 unspecified atom stereocenters. The smallest absolute Gasteiger partial charge is 0.306 e. The van der Waals surface area contributed by atoms with Gasteiger partial charge in [-0.1, -0.05) is 19.3 Å². The van der Waals surface area contributed by atoms with Gasteiger partial charge in [-0.15, -0.1) is 0 Å². The first-order valence-corrected chi connectivity index (χ1v) is 9.98. The molecule has 0 bridgehead atoms. The van der Waals surface area contributed by atoms with E-state index >= 15 is 0 Å². The van der Waals surface area contributed by atoms with Crippen LogP contribution in [0, 0.1) is 5.92 Å². The molecule has 0 amide bonds. The number of nitrogens with zero attached hydrogens (tertiary/aromatic N) is 1. The van der Waals surface area contributed by atoms with Crippen molar-refractivity contribution < 1.29 is 27.2 Å². The highest BCUT2D eigenvalue weighted by Crippen LogP contribution is 2.26. The molecule has 2 rings (SSSR count). The fourth-order valence-corrected chi connectivity index (χ4v) is 3.93. The average Bonchev–Trinajstić information content (AvgIpc) is 2.47. The predicted molar refractivity (Wildman–Crippen MR) is 84.7 cm³/mol. The SMILES string of the molecule is O=C(CC1CCCCC1)OC(CN1CCOCC1)CS(=O)(=O)O. The third kappa shape index (κ3) is 7.60. The van der Waals surface area contributed by atoms with Crippen molar-refractivity contribution in [3.8, 4) is 0 Å². The minimum Gasteiger partial charge on any atom is -0.460 e. The van der Waals surface area contributed by atoms with Gasteiger partial charge in [-0.05, 0) is 18.8 Å². The van der Waals surface area contributed by atoms with E-state index in [0.717, 1.165) is 25.7 Å². The maximum atomic E-state index is 12.1. The van der Waals surface area contributed by atoms with Crippen LogP contribution in [-0.4, -0.2) is 68.5 Å². The number of hydrogen-bond donors (Lipinski definition) is 1. The molecule has 1 saturated carbocycles. The molecule has 23 heavy (non-hydrogen) atoms. The van der Waals surface area contributed by atoms with Crippen molar-refractivity contribution in [1.29, 1.82) is 0 Å². The number of rotatable bonds is 7. The summed E-state index contributed by atoms with van der Waals surface area (Å²) in [6.45, 7) is 2.80. The van der Waals surface area contributed by atoms with Gasteiger partial charge >= 0.3 is 5.97 Å². The maximum absolute atomic E-state index is 12.1. The van der Waals surface area contributed by atoms with Crippen LogP contribution >= 0.6 is 0 Å². The number of morpholine rings is 1. The van der Waals surface area contributed by atoms with Gasteiger partial charge in [0.2, 0.25) is 0 Å². The van der Waals surface area contributed by atoms with Crippen LogP contribution in [0.15, 0.2) is 0 Å². The van der Waals surface area contributed by atoms with Crippen LogP contribution in [0.5, 0.6) is 0 Å². The van der Waals surface area contributed by atoms with Crippen LogP contribution in [0.3, 0.4) is 0 Å². The lowest BCUT2D eigenvalue weighted by molar-refractivity contribution is -0.150. The average molecular weight is 349 g/mol. The maximum Gasteiger partial charge on any atom is 0.306 e. The Bertz CT molecular complexity index is 468. The van der Waals surface area contributed by atoms with Gasteiger partial charge in [0, 0.05) is 26.1 Å². The largest absolute Gasteiger partial charge is 0.460 e. The summed E-state index contributed by atoms with van der Waals surface area (Å²) in [5.41, 5.74) is 0. The van der Waals surface area contributed by atoms with E-state index in [4.69, 9.17) is 14.0 Å². The quantitative estimate of drug-likeness (QED) is 0.543. The van der Waals surface area contributed by atoms with Crippen molar-refractivity contribution in [2.75, 3.05) is 38.6 Å². The van der Waals surface area contributed by atoms with Crippen molar-refractivity contribution in [2.45, 2.75) is 44.6 Å². The molecule has 1 aliphatic heterocycles. The van der Waals surface area contributed by atoms with Gasteiger partial charge in [0.15, 0.2) is 0 Å². The fraction of sp³-hybridized carbons (Fsp3) is 0.933. The Balaban J connectivity index is 1.85. The molecule has 1 atom stereocenters. The van der Waals surface area contributed by atoms with Crippen molar-refractivity contribution in [3.63, 3.8) is 0 Å². The molecular weight excluding hydrogens is 322 g/mol. The molecule has 1 N–H and O–H groups in total. The first kappa shape index (κ1) is 18.6. The molecule has 7 nitrogen and oxygen atoms in total. The zero-order valence-corrected chi connectivity index (χ0v) is 14.3. The molecule has 0 radical (unpaired) electrons. The molecule has 1 heterocycles. The van der Waals surface area contributed by atoms with Crippen LogP contribution in [0.1, 0.15) is 38.5 Å². The Hall–Kier alpha value is -0.700. The first-order valence-electron chi connectivity index (χ1n) is 8.37. The van der Waals surface area contributed by atoms with Crippen LogP contribution in [0.25, 0.3) is 0 Å². The van der Waals surface area contributed by atoms with E-state index < -0.39 is 22.0 Å². The van der Waals surface area contributed by atoms with E-state index in [-0.39, 0.29) is 5.97 Å². The second-order valence-electron chi connectivity index (χ2n) is 6.48. The number of ether oxygens (including phenoxy) is 2. The van der Waals surface area contributed by atoms with Crippen molar-refractivity contribution in [2.24, 2.45) is 5.92 Å². The Kier molecular flexibility index (Phi) is 7.26. The highest BCUT2D eigenvalue weighted by Gasteiger charge is 2.26. The zero-order chi connectivity index (χ0) is 16.7. The van der Waals surface area contributed by atoms with E-state index in [1.54, 1.807) is 0 Å². The third-order valence-corrected chi connectivity index (χ3v) is 5.23. The normalized spacial score (nSPS) is 22.7. The van der Waals surface area contributed by atoms with Gasteiger partial charge in [0.1, 0.15) is 11.9 Å². The van der Waals surface area contributed by atoms with E-state index in [1.165, 1.54) is 6.42 Å². The second kappa shape index (κ2) is 8.96. The van der Waals surface area contributed by atoms with E-state index in [2.05, 4.69) is 0 Å². The standard InChI is InChI=1S/C15H27NO6S/c17-15(10-13-4-2-1-3-5-13)22-14(12-23(18,19)20)11-16-6-8-21-9-7-16/h13-14H,1-12H2,(H,18,19,20). The van der Waals surface area contributed by atoms with Gasteiger partial charge in [-0.2, -0.15) is 8.42 Å². The highest BCUT2D eigenvalue weighted by molar-refractivity contribution is 7.85. The lowest BCUT2D eigenvalue weighted by Crippen LogP contribution is -2.44. The van der Waals surface area contributed by atoms with Gasteiger partial charge in [-0.3, -0.25) is 14.2 Å². The number of esters is 1. The lowest BCUT2D eigenvalue weighted by atomic mass is 9.87. The molecule has 1 aliphatic carbocycles. The molecule has 134 valence electrons. The van der Waals surface area contributed by atoms with Crippen molar-refractivity contribution in [1.82, 2.24) is 4.90 Å². The molecule has 8 heteroatoms. The van der Waals surface area contributed by atoms with Crippen molar-refractivity contribution >= 4 is 16.1 Å².